The molecule has 6 heteroatoms. The first-order valence-electron chi connectivity index (χ1n) is 8.12. The highest BCUT2D eigenvalue weighted by molar-refractivity contribution is 7.99. The second-order valence-corrected chi connectivity index (χ2v) is 7.15. The number of amides is 1. The smallest absolute Gasteiger partial charge is 0.254 e. The lowest BCUT2D eigenvalue weighted by atomic mass is 10.0. The number of H-pyrrole nitrogens is 1. The van der Waals surface area contributed by atoms with Gasteiger partial charge in [-0.25, -0.2) is 4.98 Å². The van der Waals surface area contributed by atoms with Crippen molar-refractivity contribution in [2.75, 3.05) is 5.75 Å². The molecular weight excluding hydrogens is 322 g/mol. The van der Waals surface area contributed by atoms with Gasteiger partial charge >= 0.3 is 0 Å². The summed E-state index contributed by atoms with van der Waals surface area (Å²) in [5.41, 5.74) is 2.33. The van der Waals surface area contributed by atoms with Gasteiger partial charge < -0.3 is 10.3 Å². The summed E-state index contributed by atoms with van der Waals surface area (Å²) in [6, 6.07) is 8.26. The van der Waals surface area contributed by atoms with Gasteiger partial charge in [-0.2, -0.15) is 0 Å². The second kappa shape index (κ2) is 7.21. The molecule has 0 fully saturated rings. The van der Waals surface area contributed by atoms with Gasteiger partial charge in [-0.15, -0.1) is 11.8 Å². The zero-order valence-corrected chi connectivity index (χ0v) is 14.7. The van der Waals surface area contributed by atoms with E-state index in [1.165, 1.54) is 10.5 Å². The normalized spacial score (nSPS) is 16.5. The first kappa shape index (κ1) is 16.8. The molecule has 2 aromatic rings. The van der Waals surface area contributed by atoms with Crippen molar-refractivity contribution >= 4 is 17.7 Å². The summed E-state index contributed by atoms with van der Waals surface area (Å²) in [7, 11) is 0. The third-order valence-electron chi connectivity index (χ3n) is 4.24. The van der Waals surface area contributed by atoms with Crippen molar-refractivity contribution in [3.63, 3.8) is 0 Å². The first-order valence-corrected chi connectivity index (χ1v) is 9.10. The highest BCUT2D eigenvalue weighted by atomic mass is 32.2. The van der Waals surface area contributed by atoms with Gasteiger partial charge in [0.15, 0.2) is 0 Å². The molecule has 1 amide bonds. The predicted molar refractivity (Wildman–Crippen MR) is 95.3 cm³/mol. The van der Waals surface area contributed by atoms with Crippen molar-refractivity contribution in [2.24, 2.45) is 0 Å². The molecular formula is C18H21N3O2S. The van der Waals surface area contributed by atoms with Crippen LogP contribution in [0.15, 0.2) is 34.0 Å². The van der Waals surface area contributed by atoms with Crippen molar-refractivity contribution in [2.45, 2.75) is 44.0 Å². The van der Waals surface area contributed by atoms with Gasteiger partial charge in [-0.1, -0.05) is 18.2 Å². The fourth-order valence-electron chi connectivity index (χ4n) is 3.04. The number of carbonyl (C=O) groups is 1. The van der Waals surface area contributed by atoms with Gasteiger partial charge in [0.2, 0.25) is 5.91 Å². The largest absolute Gasteiger partial charge is 0.349 e. The molecule has 0 bridgehead atoms. The maximum atomic E-state index is 12.3. The molecule has 5 nitrogen and oxygen atoms in total. The minimum absolute atomic E-state index is 0.0268. The summed E-state index contributed by atoms with van der Waals surface area (Å²) >= 11 is 1.83. The van der Waals surface area contributed by atoms with Crippen LogP contribution in [0.3, 0.4) is 0 Å². The molecule has 0 saturated heterocycles. The SMILES string of the molecule is Cc1nc(C)c(CCC(=O)NC2CCSc3ccccc32)c(=O)[nH]1. The Bertz CT molecular complexity index is 816. The molecule has 0 spiro atoms. The van der Waals surface area contributed by atoms with E-state index in [4.69, 9.17) is 0 Å². The molecule has 1 atom stereocenters. The van der Waals surface area contributed by atoms with Crippen LogP contribution in [0.1, 0.15) is 41.5 Å². The van der Waals surface area contributed by atoms with E-state index in [9.17, 15) is 9.59 Å². The van der Waals surface area contributed by atoms with Crippen molar-refractivity contribution in [1.82, 2.24) is 15.3 Å². The zero-order chi connectivity index (χ0) is 17.1. The quantitative estimate of drug-likeness (QED) is 0.895. The number of hydrogen-bond donors (Lipinski definition) is 2. The van der Waals surface area contributed by atoms with Crippen LogP contribution >= 0.6 is 11.8 Å². The van der Waals surface area contributed by atoms with E-state index >= 15 is 0 Å². The van der Waals surface area contributed by atoms with E-state index in [1.807, 2.05) is 30.8 Å². The number of nitrogens with one attached hydrogen (secondary N) is 2. The van der Waals surface area contributed by atoms with Gasteiger partial charge in [-0.05, 0) is 38.3 Å². The van der Waals surface area contributed by atoms with E-state index in [0.29, 0.717) is 29.9 Å². The van der Waals surface area contributed by atoms with Crippen LogP contribution in [0.4, 0.5) is 0 Å². The monoisotopic (exact) mass is 343 g/mol. The fourth-order valence-corrected chi connectivity index (χ4v) is 4.17. The first-order chi connectivity index (χ1) is 11.5. The average Bonchev–Trinajstić information content (AvgIpc) is 2.54. The van der Waals surface area contributed by atoms with E-state index in [0.717, 1.165) is 12.2 Å². The Labute approximate surface area is 145 Å². The summed E-state index contributed by atoms with van der Waals surface area (Å²) in [6.45, 7) is 3.56. The number of aromatic amines is 1. The molecule has 0 aliphatic carbocycles. The van der Waals surface area contributed by atoms with Crippen LogP contribution in [0.2, 0.25) is 0 Å². The highest BCUT2D eigenvalue weighted by Gasteiger charge is 2.22. The van der Waals surface area contributed by atoms with Crippen LogP contribution < -0.4 is 10.9 Å². The number of benzene rings is 1. The van der Waals surface area contributed by atoms with Crippen molar-refractivity contribution < 1.29 is 4.79 Å². The summed E-state index contributed by atoms with van der Waals surface area (Å²) in [4.78, 5) is 32.5. The number of aromatic nitrogens is 2. The predicted octanol–water partition coefficient (Wildman–Crippen LogP) is 2.67. The number of fused-ring (bicyclic) bond motifs is 1. The molecule has 1 aromatic carbocycles. The molecule has 24 heavy (non-hydrogen) atoms. The van der Waals surface area contributed by atoms with Crippen molar-refractivity contribution in [3.8, 4) is 0 Å². The van der Waals surface area contributed by atoms with Crippen LogP contribution in [0.5, 0.6) is 0 Å². The molecule has 1 aromatic heterocycles. The molecule has 1 unspecified atom stereocenters. The molecule has 1 aliphatic rings. The summed E-state index contributed by atoms with van der Waals surface area (Å²) in [5, 5.41) is 3.11. The Morgan fingerprint density at radius 1 is 1.38 bits per heavy atom. The Hall–Kier alpha value is -2.08. The van der Waals surface area contributed by atoms with Crippen LogP contribution in [0.25, 0.3) is 0 Å². The van der Waals surface area contributed by atoms with Crippen LogP contribution in [-0.2, 0) is 11.2 Å². The molecule has 126 valence electrons. The average molecular weight is 343 g/mol. The molecule has 2 heterocycles. The molecule has 1 aliphatic heterocycles. The molecule has 0 radical (unpaired) electrons. The van der Waals surface area contributed by atoms with E-state index in [2.05, 4.69) is 27.4 Å². The van der Waals surface area contributed by atoms with E-state index < -0.39 is 0 Å². The summed E-state index contributed by atoms with van der Waals surface area (Å²) in [6.07, 6.45) is 1.63. The highest BCUT2D eigenvalue weighted by Crippen LogP contribution is 2.35. The zero-order valence-electron chi connectivity index (χ0n) is 13.9. The fraction of sp³-hybridized carbons (Fsp3) is 0.389. The Kier molecular flexibility index (Phi) is 5.04. The van der Waals surface area contributed by atoms with Gasteiger partial charge in [0.1, 0.15) is 5.82 Å². The summed E-state index contributed by atoms with van der Waals surface area (Å²) < 4.78 is 0. The summed E-state index contributed by atoms with van der Waals surface area (Å²) in [5.74, 6) is 1.57. The number of nitrogens with zero attached hydrogens (tertiary/aromatic N) is 1. The number of aryl methyl sites for hydroxylation is 2. The number of rotatable bonds is 4. The Balaban J connectivity index is 1.64. The minimum atomic E-state index is -0.146. The topological polar surface area (TPSA) is 74.8 Å². The van der Waals surface area contributed by atoms with Crippen LogP contribution in [0, 0.1) is 13.8 Å². The van der Waals surface area contributed by atoms with Gasteiger partial charge in [0.05, 0.1) is 6.04 Å². The van der Waals surface area contributed by atoms with Crippen LogP contribution in [-0.4, -0.2) is 21.6 Å². The molecule has 2 N–H and O–H groups in total. The maximum absolute atomic E-state index is 12.3. The Morgan fingerprint density at radius 2 is 2.17 bits per heavy atom. The number of carbonyl (C=O) groups excluding carboxylic acids is 1. The van der Waals surface area contributed by atoms with Gasteiger partial charge in [-0.3, -0.25) is 9.59 Å². The second-order valence-electron chi connectivity index (χ2n) is 6.01. The minimum Gasteiger partial charge on any atom is -0.349 e. The Morgan fingerprint density at radius 3 is 2.96 bits per heavy atom. The van der Waals surface area contributed by atoms with Crippen molar-refractivity contribution in [1.29, 1.82) is 0 Å². The lowest BCUT2D eigenvalue weighted by molar-refractivity contribution is -0.121. The molecule has 0 saturated carbocycles. The van der Waals surface area contributed by atoms with E-state index in [-0.39, 0.29) is 17.5 Å². The van der Waals surface area contributed by atoms with Gasteiger partial charge in [0.25, 0.3) is 5.56 Å². The lowest BCUT2D eigenvalue weighted by Gasteiger charge is -2.25. The standard InChI is InChI=1S/C18H21N3O2S/c1-11-13(18(23)20-12(2)19-11)7-8-17(22)21-15-9-10-24-16-6-4-3-5-14(15)16/h3-6,15H,7-10H2,1-2H3,(H,21,22)(H,19,20,23). The van der Waals surface area contributed by atoms with E-state index in [1.54, 1.807) is 6.92 Å². The number of thioether (sulfide) groups is 1. The molecule has 3 rings (SSSR count). The third-order valence-corrected chi connectivity index (χ3v) is 5.36. The van der Waals surface area contributed by atoms with Crippen molar-refractivity contribution in [3.05, 3.63) is 57.3 Å². The van der Waals surface area contributed by atoms with Gasteiger partial charge in [0, 0.05) is 28.3 Å². The third kappa shape index (κ3) is 3.70. The number of hydrogen-bond acceptors (Lipinski definition) is 4. The lowest BCUT2D eigenvalue weighted by Crippen LogP contribution is -2.31. The maximum Gasteiger partial charge on any atom is 0.254 e.